The molecule has 0 N–H and O–H groups in total. The van der Waals surface area contributed by atoms with E-state index in [1.54, 1.807) is 6.92 Å². The average molecular weight is 328 g/mol. The van der Waals surface area contributed by atoms with Crippen LogP contribution in [0.1, 0.15) is 19.4 Å². The van der Waals surface area contributed by atoms with Gasteiger partial charge in [0, 0.05) is 18.1 Å². The third-order valence-electron chi connectivity index (χ3n) is 3.04. The van der Waals surface area contributed by atoms with Crippen molar-refractivity contribution in [2.45, 2.75) is 26.6 Å². The minimum atomic E-state index is -0.332. The topological polar surface area (TPSA) is 26.3 Å². The highest BCUT2D eigenvalue weighted by atomic mass is 79.9. The average Bonchev–Trinajstić information content (AvgIpc) is 2.29. The van der Waals surface area contributed by atoms with Crippen molar-refractivity contribution in [1.29, 1.82) is 0 Å². The van der Waals surface area contributed by atoms with Crippen molar-refractivity contribution in [2.24, 2.45) is 0 Å². The SMILES string of the molecule is C=C(C)C(=O)OC(C)[N+](C)(C)Cc1ccccc1.[Br-]. The number of ether oxygens (including phenoxy) is 1. The number of carbonyl (C=O) groups is 1. The molecule has 0 radical (unpaired) electrons. The van der Waals surface area contributed by atoms with Gasteiger partial charge in [-0.15, -0.1) is 0 Å². The number of halogens is 1. The van der Waals surface area contributed by atoms with Gasteiger partial charge >= 0.3 is 5.97 Å². The Morgan fingerprint density at radius 3 is 2.32 bits per heavy atom. The highest BCUT2D eigenvalue weighted by Gasteiger charge is 2.27. The van der Waals surface area contributed by atoms with Crippen molar-refractivity contribution in [3.8, 4) is 0 Å². The van der Waals surface area contributed by atoms with Crippen LogP contribution in [0.3, 0.4) is 0 Å². The lowest BCUT2D eigenvalue weighted by molar-refractivity contribution is -0.945. The van der Waals surface area contributed by atoms with Crippen molar-refractivity contribution in [3.05, 3.63) is 48.0 Å². The monoisotopic (exact) mass is 327 g/mol. The smallest absolute Gasteiger partial charge is 0.337 e. The second-order valence-corrected chi connectivity index (χ2v) is 5.21. The standard InChI is InChI=1S/C15H22NO2.BrH/c1-12(2)15(17)18-13(3)16(4,5)11-14-9-7-6-8-10-14;/h6-10,13H,1,11H2,2-5H3;1H/q+1;/p-1. The highest BCUT2D eigenvalue weighted by Crippen LogP contribution is 2.15. The Kier molecular flexibility index (Phi) is 7.01. The van der Waals surface area contributed by atoms with Gasteiger partial charge in [-0.2, -0.15) is 0 Å². The first kappa shape index (κ1) is 17.9. The Hall–Kier alpha value is -1.13. The van der Waals surface area contributed by atoms with Crippen molar-refractivity contribution >= 4 is 5.97 Å². The summed E-state index contributed by atoms with van der Waals surface area (Å²) in [5.74, 6) is -0.332. The van der Waals surface area contributed by atoms with E-state index in [0.29, 0.717) is 10.1 Å². The Balaban J connectivity index is 0.00000324. The zero-order chi connectivity index (χ0) is 13.8. The summed E-state index contributed by atoms with van der Waals surface area (Å²) in [5.41, 5.74) is 1.65. The lowest BCUT2D eigenvalue weighted by atomic mass is 10.2. The summed E-state index contributed by atoms with van der Waals surface area (Å²) in [5, 5.41) is 0. The lowest BCUT2D eigenvalue weighted by Crippen LogP contribution is -3.00. The van der Waals surface area contributed by atoms with Crippen LogP contribution in [0.2, 0.25) is 0 Å². The van der Waals surface area contributed by atoms with Crippen LogP contribution < -0.4 is 17.0 Å². The van der Waals surface area contributed by atoms with Crippen LogP contribution in [-0.4, -0.2) is 30.8 Å². The van der Waals surface area contributed by atoms with Gasteiger partial charge in [0.2, 0.25) is 6.23 Å². The fourth-order valence-corrected chi connectivity index (χ4v) is 1.58. The van der Waals surface area contributed by atoms with E-state index in [-0.39, 0.29) is 29.2 Å². The molecule has 106 valence electrons. The third-order valence-corrected chi connectivity index (χ3v) is 3.04. The normalized spacial score (nSPS) is 12.2. The Morgan fingerprint density at radius 2 is 1.84 bits per heavy atom. The van der Waals surface area contributed by atoms with Crippen molar-refractivity contribution < 1.29 is 31.0 Å². The molecule has 0 saturated heterocycles. The molecular weight excluding hydrogens is 306 g/mol. The number of benzene rings is 1. The molecular formula is C15H22BrNO2. The molecule has 1 aromatic carbocycles. The van der Waals surface area contributed by atoms with Crippen LogP contribution in [0, 0.1) is 0 Å². The molecule has 1 aromatic rings. The number of hydrogen-bond acceptors (Lipinski definition) is 2. The molecule has 0 aliphatic carbocycles. The molecule has 3 nitrogen and oxygen atoms in total. The zero-order valence-corrected chi connectivity index (χ0v) is 13.6. The van der Waals surface area contributed by atoms with Crippen molar-refractivity contribution in [3.63, 3.8) is 0 Å². The fourth-order valence-electron chi connectivity index (χ4n) is 1.58. The Morgan fingerprint density at radius 1 is 1.32 bits per heavy atom. The van der Waals surface area contributed by atoms with Crippen LogP contribution in [0.4, 0.5) is 0 Å². The molecule has 4 heteroatoms. The first-order valence-electron chi connectivity index (χ1n) is 6.06. The van der Waals surface area contributed by atoms with E-state index in [9.17, 15) is 4.79 Å². The molecule has 1 rings (SSSR count). The largest absolute Gasteiger partial charge is 1.00 e. The zero-order valence-electron chi connectivity index (χ0n) is 12.0. The van der Waals surface area contributed by atoms with Crippen molar-refractivity contribution in [1.82, 2.24) is 0 Å². The van der Waals surface area contributed by atoms with Gasteiger partial charge in [0.15, 0.2) is 0 Å². The van der Waals surface area contributed by atoms with Crippen LogP contribution in [0.5, 0.6) is 0 Å². The highest BCUT2D eigenvalue weighted by molar-refractivity contribution is 5.86. The number of rotatable bonds is 5. The molecule has 0 aliphatic heterocycles. The van der Waals surface area contributed by atoms with E-state index < -0.39 is 0 Å². The van der Waals surface area contributed by atoms with E-state index >= 15 is 0 Å². The minimum absolute atomic E-state index is 0. The Bertz CT molecular complexity index is 429. The van der Waals surface area contributed by atoms with Crippen LogP contribution in [0.25, 0.3) is 0 Å². The van der Waals surface area contributed by atoms with E-state index in [2.05, 4.69) is 18.7 Å². The molecule has 0 aromatic heterocycles. The van der Waals surface area contributed by atoms with Gasteiger partial charge in [0.1, 0.15) is 6.54 Å². The maximum absolute atomic E-state index is 11.5. The molecule has 1 unspecified atom stereocenters. The molecule has 0 saturated carbocycles. The summed E-state index contributed by atoms with van der Waals surface area (Å²) < 4.78 is 5.97. The molecule has 0 heterocycles. The number of carbonyl (C=O) groups excluding carboxylic acids is 1. The van der Waals surface area contributed by atoms with Gasteiger partial charge < -0.3 is 21.7 Å². The van der Waals surface area contributed by atoms with E-state index in [1.165, 1.54) is 5.56 Å². The third kappa shape index (κ3) is 5.57. The molecule has 19 heavy (non-hydrogen) atoms. The van der Waals surface area contributed by atoms with Crippen LogP contribution in [-0.2, 0) is 16.1 Å². The second-order valence-electron chi connectivity index (χ2n) is 5.21. The molecule has 0 spiro atoms. The second kappa shape index (κ2) is 7.46. The van der Waals surface area contributed by atoms with Gasteiger partial charge in [-0.3, -0.25) is 4.48 Å². The Labute approximate surface area is 126 Å². The molecule has 0 bridgehead atoms. The number of hydrogen-bond donors (Lipinski definition) is 0. The van der Waals surface area contributed by atoms with E-state index in [1.807, 2.05) is 39.2 Å². The molecule has 0 aliphatic rings. The number of quaternary nitrogens is 1. The summed E-state index contributed by atoms with van der Waals surface area (Å²) in [6.07, 6.45) is -0.214. The fraction of sp³-hybridized carbons (Fsp3) is 0.400. The summed E-state index contributed by atoms with van der Waals surface area (Å²) in [7, 11) is 4.09. The predicted octanol–water partition coefficient (Wildman–Crippen LogP) is -0.268. The summed E-state index contributed by atoms with van der Waals surface area (Å²) in [6, 6.07) is 10.2. The summed E-state index contributed by atoms with van der Waals surface area (Å²) >= 11 is 0. The lowest BCUT2D eigenvalue weighted by Gasteiger charge is -2.35. The van der Waals surface area contributed by atoms with Crippen molar-refractivity contribution in [2.75, 3.05) is 14.1 Å². The first-order valence-corrected chi connectivity index (χ1v) is 6.06. The van der Waals surface area contributed by atoms with E-state index in [0.717, 1.165) is 6.54 Å². The predicted molar refractivity (Wildman–Crippen MR) is 72.6 cm³/mol. The van der Waals surface area contributed by atoms with Crippen LogP contribution >= 0.6 is 0 Å². The van der Waals surface area contributed by atoms with Crippen LogP contribution in [0.15, 0.2) is 42.5 Å². The number of nitrogens with zero attached hydrogens (tertiary/aromatic N) is 1. The van der Waals surface area contributed by atoms with Gasteiger partial charge in [0.25, 0.3) is 0 Å². The molecule has 0 fully saturated rings. The molecule has 1 atom stereocenters. The number of esters is 1. The maximum Gasteiger partial charge on any atom is 0.337 e. The van der Waals surface area contributed by atoms with Gasteiger partial charge in [-0.05, 0) is 6.92 Å². The molecule has 0 amide bonds. The summed E-state index contributed by atoms with van der Waals surface area (Å²) in [4.78, 5) is 11.5. The first-order chi connectivity index (χ1) is 8.33. The van der Waals surface area contributed by atoms with Gasteiger partial charge in [-0.25, -0.2) is 4.79 Å². The summed E-state index contributed by atoms with van der Waals surface area (Å²) in [6.45, 7) is 7.97. The van der Waals surface area contributed by atoms with Gasteiger partial charge in [-0.1, -0.05) is 36.9 Å². The van der Waals surface area contributed by atoms with E-state index in [4.69, 9.17) is 4.74 Å². The minimum Gasteiger partial charge on any atom is -1.00 e. The quantitative estimate of drug-likeness (QED) is 0.322. The van der Waals surface area contributed by atoms with Gasteiger partial charge in [0.05, 0.1) is 14.1 Å². The maximum atomic E-state index is 11.5.